The second-order valence-corrected chi connectivity index (χ2v) is 6.42. The van der Waals surface area contributed by atoms with E-state index < -0.39 is 12.1 Å². The summed E-state index contributed by atoms with van der Waals surface area (Å²) in [6.07, 6.45) is -2.06. The van der Waals surface area contributed by atoms with Crippen LogP contribution in [0.5, 0.6) is 0 Å². The van der Waals surface area contributed by atoms with E-state index in [0.29, 0.717) is 40.6 Å². The first-order valence-electron chi connectivity index (χ1n) is 8.45. The number of nitriles is 1. The minimum Gasteiger partial charge on any atom is -0.475 e. The summed E-state index contributed by atoms with van der Waals surface area (Å²) < 4.78 is 31.7. The van der Waals surface area contributed by atoms with Gasteiger partial charge in [-0.05, 0) is 18.2 Å². The predicted octanol–water partition coefficient (Wildman–Crippen LogP) is 2.35. The third kappa shape index (κ3) is 6.40. The third-order valence-electron chi connectivity index (χ3n) is 3.83. The molecule has 0 aliphatic carbocycles. The zero-order valence-electron chi connectivity index (χ0n) is 15.3. The highest BCUT2D eigenvalue weighted by atomic mass is 35.5. The van der Waals surface area contributed by atoms with E-state index in [0.717, 1.165) is 13.1 Å². The molecule has 0 unspecified atom stereocenters. The van der Waals surface area contributed by atoms with Crippen molar-refractivity contribution in [1.29, 1.82) is 5.26 Å². The fourth-order valence-electron chi connectivity index (χ4n) is 2.42. The predicted molar refractivity (Wildman–Crippen MR) is 99.7 cm³/mol. The summed E-state index contributed by atoms with van der Waals surface area (Å²) in [4.78, 5) is 31.5. The zero-order chi connectivity index (χ0) is 22.3. The first kappa shape index (κ1) is 23.1. The molecular formula is C18H15ClF3N5O3. The van der Waals surface area contributed by atoms with E-state index in [9.17, 15) is 18.0 Å². The number of carbonyl (C=O) groups excluding carboxylic acids is 1. The number of benzene rings is 1. The molecule has 0 saturated carbocycles. The van der Waals surface area contributed by atoms with Crippen LogP contribution in [-0.2, 0) is 4.79 Å². The van der Waals surface area contributed by atoms with Crippen LogP contribution in [0, 0.1) is 11.3 Å². The van der Waals surface area contributed by atoms with Gasteiger partial charge in [-0.15, -0.1) is 0 Å². The lowest BCUT2D eigenvalue weighted by atomic mass is 10.1. The zero-order valence-corrected chi connectivity index (χ0v) is 16.0. The number of carboxylic acids is 1. The van der Waals surface area contributed by atoms with Crippen molar-refractivity contribution in [2.75, 3.05) is 26.2 Å². The maximum Gasteiger partial charge on any atom is 0.490 e. The number of aromatic nitrogens is 2. The molecule has 0 bridgehead atoms. The van der Waals surface area contributed by atoms with Crippen molar-refractivity contribution in [3.8, 4) is 17.5 Å². The van der Waals surface area contributed by atoms with E-state index in [1.807, 2.05) is 6.07 Å². The van der Waals surface area contributed by atoms with E-state index >= 15 is 0 Å². The molecule has 1 aliphatic heterocycles. The van der Waals surface area contributed by atoms with Gasteiger partial charge in [0.15, 0.2) is 5.82 Å². The molecule has 1 amide bonds. The number of amides is 1. The Morgan fingerprint density at radius 3 is 2.23 bits per heavy atom. The van der Waals surface area contributed by atoms with Crippen LogP contribution in [0.1, 0.15) is 15.9 Å². The number of halogens is 4. The van der Waals surface area contributed by atoms with Crippen molar-refractivity contribution < 1.29 is 27.9 Å². The summed E-state index contributed by atoms with van der Waals surface area (Å²) in [7, 11) is 0. The molecule has 3 rings (SSSR count). The highest BCUT2D eigenvalue weighted by molar-refractivity contribution is 6.31. The van der Waals surface area contributed by atoms with Crippen LogP contribution in [0.3, 0.4) is 0 Å². The van der Waals surface area contributed by atoms with Gasteiger partial charge in [0.05, 0.1) is 17.2 Å². The van der Waals surface area contributed by atoms with Gasteiger partial charge in [0.25, 0.3) is 5.91 Å². The van der Waals surface area contributed by atoms with Crippen LogP contribution in [0.25, 0.3) is 11.4 Å². The maximum absolute atomic E-state index is 12.4. The minimum absolute atomic E-state index is 0.0677. The number of piperazine rings is 1. The average molecular weight is 442 g/mol. The van der Waals surface area contributed by atoms with E-state index in [1.165, 1.54) is 12.4 Å². The third-order valence-corrected chi connectivity index (χ3v) is 4.05. The van der Waals surface area contributed by atoms with Crippen molar-refractivity contribution in [3.63, 3.8) is 0 Å². The Hall–Kier alpha value is -3.23. The van der Waals surface area contributed by atoms with Crippen molar-refractivity contribution in [2.45, 2.75) is 6.18 Å². The average Bonchev–Trinajstić information content (AvgIpc) is 2.73. The summed E-state index contributed by atoms with van der Waals surface area (Å²) in [5.41, 5.74) is 1.55. The normalized spacial score (nSPS) is 13.6. The molecule has 12 heteroatoms. The van der Waals surface area contributed by atoms with Crippen LogP contribution < -0.4 is 5.32 Å². The van der Waals surface area contributed by atoms with Gasteiger partial charge < -0.3 is 15.3 Å². The Morgan fingerprint density at radius 1 is 1.17 bits per heavy atom. The molecule has 158 valence electrons. The molecule has 0 radical (unpaired) electrons. The quantitative estimate of drug-likeness (QED) is 0.734. The Morgan fingerprint density at radius 2 is 1.73 bits per heavy atom. The highest BCUT2D eigenvalue weighted by Gasteiger charge is 2.38. The fourth-order valence-corrected chi connectivity index (χ4v) is 2.66. The van der Waals surface area contributed by atoms with E-state index in [1.54, 1.807) is 23.1 Å². The van der Waals surface area contributed by atoms with E-state index in [-0.39, 0.29) is 5.91 Å². The van der Waals surface area contributed by atoms with E-state index in [4.69, 9.17) is 26.8 Å². The number of nitrogens with zero attached hydrogens (tertiary/aromatic N) is 4. The number of hydrogen-bond donors (Lipinski definition) is 2. The van der Waals surface area contributed by atoms with Crippen LogP contribution in [0.4, 0.5) is 13.2 Å². The highest BCUT2D eigenvalue weighted by Crippen LogP contribution is 2.22. The molecule has 1 aromatic heterocycles. The second-order valence-electron chi connectivity index (χ2n) is 5.98. The molecular weight excluding hydrogens is 427 g/mol. The van der Waals surface area contributed by atoms with Gasteiger partial charge in [-0.3, -0.25) is 4.79 Å². The number of hydrogen-bond acceptors (Lipinski definition) is 6. The number of carboxylic acid groups (broad SMARTS) is 1. The first-order valence-corrected chi connectivity index (χ1v) is 8.83. The van der Waals surface area contributed by atoms with Gasteiger partial charge in [0.1, 0.15) is 0 Å². The van der Waals surface area contributed by atoms with Crippen molar-refractivity contribution in [1.82, 2.24) is 20.2 Å². The second kappa shape index (κ2) is 10.00. The lowest BCUT2D eigenvalue weighted by molar-refractivity contribution is -0.192. The maximum atomic E-state index is 12.4. The summed E-state index contributed by atoms with van der Waals surface area (Å²) in [6, 6.07) is 6.98. The van der Waals surface area contributed by atoms with Crippen LogP contribution in [-0.4, -0.2) is 64.2 Å². The topological polar surface area (TPSA) is 119 Å². The number of aliphatic carboxylic acids is 1. The number of alkyl halides is 3. The fraction of sp³-hybridized carbons (Fsp3) is 0.278. The van der Waals surface area contributed by atoms with Crippen molar-refractivity contribution >= 4 is 23.5 Å². The molecule has 0 spiro atoms. The van der Waals surface area contributed by atoms with Crippen LogP contribution in [0.2, 0.25) is 5.02 Å². The van der Waals surface area contributed by atoms with Gasteiger partial charge in [-0.1, -0.05) is 11.6 Å². The molecule has 30 heavy (non-hydrogen) atoms. The Balaban J connectivity index is 0.000000396. The van der Waals surface area contributed by atoms with Gasteiger partial charge in [0.2, 0.25) is 0 Å². The molecule has 2 aromatic rings. The smallest absolute Gasteiger partial charge is 0.475 e. The monoisotopic (exact) mass is 441 g/mol. The minimum atomic E-state index is -5.08. The Labute approximate surface area is 173 Å². The Bertz CT molecular complexity index is 955. The van der Waals surface area contributed by atoms with Gasteiger partial charge in [-0.25, -0.2) is 14.8 Å². The molecule has 1 aromatic carbocycles. The van der Waals surface area contributed by atoms with Gasteiger partial charge in [0, 0.05) is 49.2 Å². The number of rotatable bonds is 2. The summed E-state index contributed by atoms with van der Waals surface area (Å²) in [6.45, 7) is 2.95. The van der Waals surface area contributed by atoms with Crippen LogP contribution >= 0.6 is 11.6 Å². The number of carbonyl (C=O) groups is 2. The lowest BCUT2D eigenvalue weighted by Crippen LogP contribution is -2.46. The van der Waals surface area contributed by atoms with Crippen LogP contribution in [0.15, 0.2) is 30.6 Å². The first-order chi connectivity index (χ1) is 14.1. The molecule has 2 heterocycles. The lowest BCUT2D eigenvalue weighted by Gasteiger charge is -2.27. The Kier molecular flexibility index (Phi) is 7.68. The van der Waals surface area contributed by atoms with Crippen molar-refractivity contribution in [3.05, 3.63) is 46.7 Å². The SMILES string of the molecule is N#Cc1cc(Cl)cc(-c2ncc(C(=O)N3CCNCC3)cn2)c1.O=C(O)C(F)(F)F. The number of nitrogens with one attached hydrogen (secondary N) is 1. The largest absolute Gasteiger partial charge is 0.490 e. The summed E-state index contributed by atoms with van der Waals surface area (Å²) in [5, 5.41) is 19.8. The summed E-state index contributed by atoms with van der Waals surface area (Å²) in [5.74, 6) is -2.39. The molecule has 1 saturated heterocycles. The molecule has 1 aliphatic rings. The molecule has 2 N–H and O–H groups in total. The van der Waals surface area contributed by atoms with Gasteiger partial charge in [-0.2, -0.15) is 18.4 Å². The van der Waals surface area contributed by atoms with Crippen molar-refractivity contribution in [2.24, 2.45) is 0 Å². The summed E-state index contributed by atoms with van der Waals surface area (Å²) >= 11 is 5.99. The van der Waals surface area contributed by atoms with E-state index in [2.05, 4.69) is 15.3 Å². The molecule has 1 fully saturated rings. The standard InChI is InChI=1S/C16H14ClN5O.C2HF3O2/c17-14-6-11(8-18)5-12(7-14)15-20-9-13(10-21-15)16(23)22-3-1-19-2-4-22;3-2(4,5)1(6)7/h5-7,9-10,19H,1-4H2;(H,6,7). The molecule has 8 nitrogen and oxygen atoms in total. The molecule has 0 atom stereocenters. The van der Waals surface area contributed by atoms with Gasteiger partial charge >= 0.3 is 12.1 Å².